The Morgan fingerprint density at radius 1 is 1.33 bits per heavy atom. The minimum absolute atomic E-state index is 0.0516. The van der Waals surface area contributed by atoms with Crippen molar-refractivity contribution in [2.75, 3.05) is 5.32 Å². The lowest BCUT2D eigenvalue weighted by Crippen LogP contribution is -2.13. The van der Waals surface area contributed by atoms with E-state index in [2.05, 4.69) is 15.3 Å². The maximum absolute atomic E-state index is 12.5. The lowest BCUT2D eigenvalue weighted by atomic mass is 10.4. The van der Waals surface area contributed by atoms with E-state index in [0.29, 0.717) is 6.54 Å². The summed E-state index contributed by atoms with van der Waals surface area (Å²) in [5.41, 5.74) is 0. The zero-order valence-corrected chi connectivity index (χ0v) is 10.4. The Hall–Kier alpha value is -1.34. The van der Waals surface area contributed by atoms with Gasteiger partial charge in [0.1, 0.15) is 11.0 Å². The topological polar surface area (TPSA) is 37.8 Å². The maximum atomic E-state index is 12.5. The first kappa shape index (κ1) is 13.1. The molecule has 2 heterocycles. The van der Waals surface area contributed by atoms with Crippen LogP contribution in [0, 0.1) is 0 Å². The van der Waals surface area contributed by atoms with Gasteiger partial charge >= 0.3 is 6.18 Å². The molecule has 0 aliphatic rings. The average molecular weight is 294 g/mol. The van der Waals surface area contributed by atoms with E-state index in [1.165, 1.54) is 17.4 Å². The van der Waals surface area contributed by atoms with Crippen molar-refractivity contribution in [3.8, 4) is 0 Å². The summed E-state index contributed by atoms with van der Waals surface area (Å²) in [6, 6.07) is 4.98. The lowest BCUT2D eigenvalue weighted by Gasteiger charge is -2.08. The summed E-state index contributed by atoms with van der Waals surface area (Å²) in [4.78, 5) is 7.50. The maximum Gasteiger partial charge on any atom is 0.451 e. The van der Waals surface area contributed by atoms with Gasteiger partial charge in [-0.15, -0.1) is 11.3 Å². The second kappa shape index (κ2) is 5.11. The van der Waals surface area contributed by atoms with E-state index in [0.717, 1.165) is 4.88 Å². The lowest BCUT2D eigenvalue weighted by molar-refractivity contribution is -0.144. The Morgan fingerprint density at radius 2 is 2.11 bits per heavy atom. The van der Waals surface area contributed by atoms with Gasteiger partial charge in [-0.25, -0.2) is 9.97 Å². The Morgan fingerprint density at radius 3 is 2.72 bits per heavy atom. The molecule has 1 N–H and O–H groups in total. The monoisotopic (exact) mass is 293 g/mol. The number of aromatic nitrogens is 2. The molecule has 96 valence electrons. The van der Waals surface area contributed by atoms with Crippen LogP contribution in [0.2, 0.25) is 5.15 Å². The molecule has 0 amide bonds. The van der Waals surface area contributed by atoms with Crippen molar-refractivity contribution in [3.05, 3.63) is 39.4 Å². The number of hydrogen-bond donors (Lipinski definition) is 1. The van der Waals surface area contributed by atoms with Crippen molar-refractivity contribution in [1.82, 2.24) is 9.97 Å². The smallest absolute Gasteiger partial charge is 0.365 e. The highest BCUT2D eigenvalue weighted by Gasteiger charge is 2.35. The summed E-state index contributed by atoms with van der Waals surface area (Å²) in [5.74, 6) is -1.19. The van der Waals surface area contributed by atoms with Gasteiger partial charge in [-0.1, -0.05) is 17.7 Å². The zero-order valence-electron chi connectivity index (χ0n) is 8.83. The molecule has 2 aromatic heterocycles. The normalized spacial score (nSPS) is 11.6. The molecule has 0 aromatic carbocycles. The number of rotatable bonds is 3. The first-order valence-electron chi connectivity index (χ1n) is 4.83. The van der Waals surface area contributed by atoms with Crippen LogP contribution in [0.3, 0.4) is 0 Å². The predicted molar refractivity (Wildman–Crippen MR) is 63.7 cm³/mol. The van der Waals surface area contributed by atoms with Crippen LogP contribution in [0.25, 0.3) is 0 Å². The fourth-order valence-corrected chi connectivity index (χ4v) is 2.05. The third kappa shape index (κ3) is 3.33. The van der Waals surface area contributed by atoms with Crippen molar-refractivity contribution in [2.45, 2.75) is 12.7 Å². The van der Waals surface area contributed by atoms with E-state index in [9.17, 15) is 13.2 Å². The molecular weight excluding hydrogens is 287 g/mol. The van der Waals surface area contributed by atoms with Gasteiger partial charge in [0.25, 0.3) is 0 Å². The van der Waals surface area contributed by atoms with Gasteiger partial charge in [-0.2, -0.15) is 13.2 Å². The van der Waals surface area contributed by atoms with Gasteiger partial charge in [0.2, 0.25) is 5.82 Å². The van der Waals surface area contributed by atoms with Crippen LogP contribution in [0.4, 0.5) is 19.0 Å². The second-order valence-electron chi connectivity index (χ2n) is 3.33. The summed E-state index contributed by atoms with van der Waals surface area (Å²) in [6.45, 7) is 0.391. The van der Waals surface area contributed by atoms with Crippen LogP contribution in [-0.4, -0.2) is 9.97 Å². The van der Waals surface area contributed by atoms with Gasteiger partial charge in [0, 0.05) is 10.9 Å². The summed E-state index contributed by atoms with van der Waals surface area (Å²) in [6.07, 6.45) is -4.61. The van der Waals surface area contributed by atoms with E-state index in [4.69, 9.17) is 11.6 Å². The highest BCUT2D eigenvalue weighted by Crippen LogP contribution is 2.28. The van der Waals surface area contributed by atoms with E-state index < -0.39 is 12.0 Å². The zero-order chi connectivity index (χ0) is 13.2. The molecule has 0 radical (unpaired) electrons. The van der Waals surface area contributed by atoms with Gasteiger partial charge < -0.3 is 5.32 Å². The highest BCUT2D eigenvalue weighted by atomic mass is 35.5. The first-order valence-corrected chi connectivity index (χ1v) is 6.09. The molecule has 0 atom stereocenters. The fraction of sp³-hybridized carbons (Fsp3) is 0.200. The number of nitrogens with zero attached hydrogens (tertiary/aromatic N) is 2. The standard InChI is InChI=1S/C10H7ClF3N3S/c11-7-4-8(15-5-6-2-1-3-18-6)17-9(16-7)10(12,13)14/h1-4H,5H2,(H,15,16,17). The van der Waals surface area contributed by atoms with Crippen LogP contribution in [-0.2, 0) is 12.7 Å². The molecule has 0 saturated carbocycles. The third-order valence-electron chi connectivity index (χ3n) is 1.97. The quantitative estimate of drug-likeness (QED) is 0.874. The van der Waals surface area contributed by atoms with Gasteiger partial charge in [-0.3, -0.25) is 0 Å². The van der Waals surface area contributed by atoms with Gasteiger partial charge in [0.05, 0.1) is 6.54 Å². The molecule has 0 unspecified atom stereocenters. The van der Waals surface area contributed by atoms with Crippen molar-refractivity contribution in [3.63, 3.8) is 0 Å². The molecule has 8 heteroatoms. The number of hydrogen-bond acceptors (Lipinski definition) is 4. The average Bonchev–Trinajstić information content (AvgIpc) is 2.77. The molecule has 18 heavy (non-hydrogen) atoms. The molecule has 2 aromatic rings. The summed E-state index contributed by atoms with van der Waals surface area (Å²) >= 11 is 7.02. The molecule has 0 saturated heterocycles. The predicted octanol–water partition coefficient (Wildman–Crippen LogP) is 3.82. The summed E-state index contributed by atoms with van der Waals surface area (Å²) in [5, 5.41) is 4.41. The number of anilines is 1. The fourth-order valence-electron chi connectivity index (χ4n) is 1.23. The molecule has 2 rings (SSSR count). The van der Waals surface area contributed by atoms with Crippen LogP contribution in [0.5, 0.6) is 0 Å². The van der Waals surface area contributed by atoms with Crippen LogP contribution >= 0.6 is 22.9 Å². The molecular formula is C10H7ClF3N3S. The van der Waals surface area contributed by atoms with Crippen LogP contribution in [0.1, 0.15) is 10.7 Å². The third-order valence-corrected chi connectivity index (χ3v) is 3.04. The summed E-state index contributed by atoms with van der Waals surface area (Å²) in [7, 11) is 0. The van der Waals surface area contributed by atoms with Crippen molar-refractivity contribution in [1.29, 1.82) is 0 Å². The molecule has 0 spiro atoms. The molecule has 0 aliphatic heterocycles. The van der Waals surface area contributed by atoms with Crippen molar-refractivity contribution in [2.24, 2.45) is 0 Å². The summed E-state index contributed by atoms with van der Waals surface area (Å²) < 4.78 is 37.4. The minimum Gasteiger partial charge on any atom is -0.365 e. The number of halogens is 4. The Kier molecular flexibility index (Phi) is 3.72. The number of alkyl halides is 3. The van der Waals surface area contributed by atoms with Crippen LogP contribution < -0.4 is 5.32 Å². The molecule has 0 bridgehead atoms. The Labute approximate surface area is 110 Å². The Balaban J connectivity index is 2.15. The highest BCUT2D eigenvalue weighted by molar-refractivity contribution is 7.09. The van der Waals surface area contributed by atoms with E-state index in [1.807, 2.05) is 17.5 Å². The molecule has 0 fully saturated rings. The SMILES string of the molecule is FC(F)(F)c1nc(Cl)cc(NCc2cccs2)n1. The van der Waals surface area contributed by atoms with Gasteiger partial charge in [-0.05, 0) is 11.4 Å². The van der Waals surface area contributed by atoms with E-state index in [1.54, 1.807) is 0 Å². The second-order valence-corrected chi connectivity index (χ2v) is 4.75. The largest absolute Gasteiger partial charge is 0.451 e. The minimum atomic E-state index is -4.61. The number of thiophene rings is 1. The van der Waals surface area contributed by atoms with Crippen LogP contribution in [0.15, 0.2) is 23.6 Å². The van der Waals surface area contributed by atoms with Crippen molar-refractivity contribution < 1.29 is 13.2 Å². The first-order chi connectivity index (χ1) is 8.45. The molecule has 3 nitrogen and oxygen atoms in total. The van der Waals surface area contributed by atoms with Gasteiger partial charge in [0.15, 0.2) is 0 Å². The molecule has 0 aliphatic carbocycles. The van der Waals surface area contributed by atoms with E-state index in [-0.39, 0.29) is 11.0 Å². The number of nitrogens with one attached hydrogen (secondary N) is 1. The van der Waals surface area contributed by atoms with Crippen molar-refractivity contribution >= 4 is 28.8 Å². The van der Waals surface area contributed by atoms with E-state index >= 15 is 0 Å². The Bertz CT molecular complexity index is 528.